The van der Waals surface area contributed by atoms with Gasteiger partial charge in [-0.1, -0.05) is 25.7 Å². The number of thiophene rings is 2. The molecule has 0 saturated carbocycles. The Bertz CT molecular complexity index is 548. The summed E-state index contributed by atoms with van der Waals surface area (Å²) in [6.07, 6.45) is 0. The van der Waals surface area contributed by atoms with E-state index in [9.17, 15) is 0 Å². The van der Waals surface area contributed by atoms with E-state index in [2.05, 4.69) is 58.6 Å². The molecule has 0 spiro atoms. The lowest BCUT2D eigenvalue weighted by Crippen LogP contribution is -1.98. The molecule has 0 radical (unpaired) electrons. The molecule has 0 fully saturated rings. The molecule has 0 bridgehead atoms. The predicted octanol–water partition coefficient (Wildman–Crippen LogP) is 5.48. The van der Waals surface area contributed by atoms with E-state index < -0.39 is 0 Å². The minimum absolute atomic E-state index is 0.0838. The molecule has 0 N–H and O–H groups in total. The second kappa shape index (κ2) is 4.48. The summed E-state index contributed by atoms with van der Waals surface area (Å²) in [6.45, 7) is 10.9. The lowest BCUT2D eigenvalue weighted by molar-refractivity contribution is 0.571. The van der Waals surface area contributed by atoms with Gasteiger partial charge in [0.15, 0.2) is 0 Å². The number of hydrogen-bond donors (Lipinski definition) is 0. The zero-order chi connectivity index (χ0) is 12.6. The van der Waals surface area contributed by atoms with Gasteiger partial charge in [-0.3, -0.25) is 0 Å². The first-order chi connectivity index (χ1) is 7.85. The van der Waals surface area contributed by atoms with Gasteiger partial charge in [-0.25, -0.2) is 0 Å². The zero-order valence-electron chi connectivity index (χ0n) is 11.0. The van der Waals surface area contributed by atoms with Gasteiger partial charge in [-0.05, 0) is 38.8 Å². The molecule has 2 heterocycles. The van der Waals surface area contributed by atoms with Crippen LogP contribution in [-0.2, 0) is 0 Å². The van der Waals surface area contributed by atoms with Crippen molar-refractivity contribution >= 4 is 32.1 Å². The third-order valence-corrected chi connectivity index (χ3v) is 4.87. The Morgan fingerprint density at radius 2 is 1.71 bits per heavy atom. The molecule has 0 saturated heterocycles. The van der Waals surface area contributed by atoms with Gasteiger partial charge in [0.1, 0.15) is 0 Å². The van der Waals surface area contributed by atoms with Crippen LogP contribution in [0.25, 0.3) is 9.40 Å². The van der Waals surface area contributed by atoms with Crippen molar-refractivity contribution in [2.24, 2.45) is 5.41 Å². The lowest BCUT2D eigenvalue weighted by Gasteiger charge is -2.06. The van der Waals surface area contributed by atoms with E-state index in [4.69, 9.17) is 0 Å². The van der Waals surface area contributed by atoms with Crippen molar-refractivity contribution < 1.29 is 0 Å². The normalized spacial score (nSPS) is 11.9. The minimum atomic E-state index is 0.0838. The molecule has 0 aromatic carbocycles. The fourth-order valence-electron chi connectivity index (χ4n) is 1.45. The maximum Gasteiger partial charge on any atom is 0.0789 e. The van der Waals surface area contributed by atoms with E-state index in [0.717, 1.165) is 0 Å². The average molecular weight is 262 g/mol. The van der Waals surface area contributed by atoms with Crippen LogP contribution in [0.4, 0.5) is 0 Å². The summed E-state index contributed by atoms with van der Waals surface area (Å²) in [4.78, 5) is 2.66. The smallest absolute Gasteiger partial charge is 0.0789 e. The molecule has 0 aliphatic rings. The van der Waals surface area contributed by atoms with E-state index >= 15 is 0 Å². The quantitative estimate of drug-likeness (QED) is 0.597. The lowest BCUT2D eigenvalue weighted by atomic mass is 9.98. The van der Waals surface area contributed by atoms with Gasteiger partial charge < -0.3 is 0 Å². The van der Waals surface area contributed by atoms with Crippen molar-refractivity contribution in [3.8, 4) is 11.8 Å². The van der Waals surface area contributed by atoms with Crippen molar-refractivity contribution in [2.45, 2.75) is 40.5 Å². The summed E-state index contributed by atoms with van der Waals surface area (Å²) >= 11 is 3.72. The predicted molar refractivity (Wildman–Crippen MR) is 80.1 cm³/mol. The molecule has 17 heavy (non-hydrogen) atoms. The Hall–Kier alpha value is -0.780. The van der Waals surface area contributed by atoms with E-state index in [1.54, 1.807) is 0 Å². The van der Waals surface area contributed by atoms with Crippen LogP contribution >= 0.6 is 22.7 Å². The average Bonchev–Trinajstić information content (AvgIpc) is 2.69. The molecule has 0 amide bonds. The fourth-order valence-corrected chi connectivity index (χ4v) is 3.71. The number of rotatable bonds is 1. The first-order valence-corrected chi connectivity index (χ1v) is 7.55. The molecule has 90 valence electrons. The Morgan fingerprint density at radius 1 is 1.06 bits per heavy atom. The van der Waals surface area contributed by atoms with Crippen molar-refractivity contribution in [2.75, 3.05) is 0 Å². The van der Waals surface area contributed by atoms with E-state index in [-0.39, 0.29) is 5.41 Å². The third-order valence-electron chi connectivity index (χ3n) is 2.36. The van der Waals surface area contributed by atoms with Gasteiger partial charge in [0, 0.05) is 19.7 Å². The van der Waals surface area contributed by atoms with Gasteiger partial charge >= 0.3 is 0 Å². The van der Waals surface area contributed by atoms with Crippen LogP contribution < -0.4 is 0 Å². The summed E-state index contributed by atoms with van der Waals surface area (Å²) in [5.41, 5.74) is 0.0838. The van der Waals surface area contributed by atoms with Crippen LogP contribution in [0, 0.1) is 17.3 Å². The van der Waals surface area contributed by atoms with Crippen molar-refractivity contribution in [1.29, 1.82) is 0 Å². The largest absolute Gasteiger partial charge is 0.139 e. The van der Waals surface area contributed by atoms with Crippen LogP contribution in [-0.4, -0.2) is 0 Å². The van der Waals surface area contributed by atoms with E-state index in [1.807, 2.05) is 22.7 Å². The highest BCUT2D eigenvalue weighted by atomic mass is 32.1. The molecule has 0 atom stereocenters. The van der Waals surface area contributed by atoms with Gasteiger partial charge in [-0.15, -0.1) is 22.7 Å². The topological polar surface area (TPSA) is 0 Å². The molecule has 2 rings (SSSR count). The van der Waals surface area contributed by atoms with Crippen molar-refractivity contribution in [1.82, 2.24) is 0 Å². The molecule has 0 aliphatic heterocycles. The Balaban J connectivity index is 2.33. The second-order valence-corrected chi connectivity index (χ2v) is 7.84. The van der Waals surface area contributed by atoms with Crippen LogP contribution in [0.15, 0.2) is 12.1 Å². The highest BCUT2D eigenvalue weighted by Gasteiger charge is 2.09. The monoisotopic (exact) mass is 262 g/mol. The fraction of sp³-hybridized carbons (Fsp3) is 0.467. The van der Waals surface area contributed by atoms with Crippen LogP contribution in [0.1, 0.15) is 50.3 Å². The SMILES string of the molecule is CC(C)c1cc2sc(C#CC(C)(C)C)cc2s1. The summed E-state index contributed by atoms with van der Waals surface area (Å²) in [5, 5.41) is 0. The van der Waals surface area contributed by atoms with Crippen LogP contribution in [0.2, 0.25) is 0 Å². The standard InChI is InChI=1S/C15H18S2/c1-10(2)12-9-14-13(17-12)8-11(16-14)6-7-15(3,4)5/h8-10H,1-5H3. The molecular formula is C15H18S2. The van der Waals surface area contributed by atoms with Gasteiger partial charge in [-0.2, -0.15) is 0 Å². The van der Waals surface area contributed by atoms with Gasteiger partial charge in [0.25, 0.3) is 0 Å². The number of fused-ring (bicyclic) bond motifs is 1. The molecule has 2 aromatic heterocycles. The molecule has 0 nitrogen and oxygen atoms in total. The maximum atomic E-state index is 3.29. The minimum Gasteiger partial charge on any atom is -0.139 e. The van der Waals surface area contributed by atoms with Crippen molar-refractivity contribution in [3.05, 3.63) is 21.9 Å². The van der Waals surface area contributed by atoms with E-state index in [0.29, 0.717) is 5.92 Å². The third kappa shape index (κ3) is 3.12. The molecule has 2 heteroatoms. The Labute approximate surface area is 112 Å². The molecule has 0 unspecified atom stereocenters. The molecular weight excluding hydrogens is 244 g/mol. The first-order valence-electron chi connectivity index (χ1n) is 5.91. The summed E-state index contributed by atoms with van der Waals surface area (Å²) in [6, 6.07) is 4.55. The van der Waals surface area contributed by atoms with Crippen molar-refractivity contribution in [3.63, 3.8) is 0 Å². The van der Waals surface area contributed by atoms with Crippen LogP contribution in [0.3, 0.4) is 0 Å². The maximum absolute atomic E-state index is 3.29. The molecule has 2 aromatic rings. The Kier molecular flexibility index (Phi) is 3.34. The number of hydrogen-bond acceptors (Lipinski definition) is 2. The molecule has 0 aliphatic carbocycles. The summed E-state index contributed by atoms with van der Waals surface area (Å²) in [5.74, 6) is 7.20. The second-order valence-electron chi connectivity index (χ2n) is 5.64. The van der Waals surface area contributed by atoms with Crippen LogP contribution in [0.5, 0.6) is 0 Å². The highest BCUT2D eigenvalue weighted by Crippen LogP contribution is 2.36. The Morgan fingerprint density at radius 3 is 2.24 bits per heavy atom. The summed E-state index contributed by atoms with van der Waals surface area (Å²) in [7, 11) is 0. The van der Waals surface area contributed by atoms with Gasteiger partial charge in [0.05, 0.1) is 4.88 Å². The highest BCUT2D eigenvalue weighted by molar-refractivity contribution is 7.28. The first kappa shape index (κ1) is 12.7. The van der Waals surface area contributed by atoms with E-state index in [1.165, 1.54) is 19.2 Å². The summed E-state index contributed by atoms with van der Waals surface area (Å²) < 4.78 is 2.77. The van der Waals surface area contributed by atoms with Gasteiger partial charge in [0.2, 0.25) is 0 Å². The zero-order valence-corrected chi connectivity index (χ0v) is 12.7.